The van der Waals surface area contributed by atoms with Gasteiger partial charge in [0.05, 0.1) is 15.7 Å². The lowest BCUT2D eigenvalue weighted by molar-refractivity contribution is 0.0798. The molecule has 1 N–H and O–H groups in total. The van der Waals surface area contributed by atoms with E-state index in [0.29, 0.717) is 25.6 Å². The maximum Gasteiger partial charge on any atom is 0.410 e. The summed E-state index contributed by atoms with van der Waals surface area (Å²) in [4.78, 5) is 14.0. The quantitative estimate of drug-likeness (QED) is 0.868. The minimum atomic E-state index is -1.07. The maximum atomic E-state index is 12.2. The van der Waals surface area contributed by atoms with Crippen LogP contribution in [0.15, 0.2) is 30.3 Å². The van der Waals surface area contributed by atoms with Crippen LogP contribution >= 0.6 is 0 Å². The lowest BCUT2D eigenvalue weighted by atomic mass is 9.91. The first-order valence-corrected chi connectivity index (χ1v) is 10.1. The monoisotopic (exact) mass is 366 g/mol. The highest BCUT2D eigenvalue weighted by atomic mass is 32.2. The van der Waals surface area contributed by atoms with E-state index in [1.165, 1.54) is 0 Å². The van der Waals surface area contributed by atoms with Gasteiger partial charge in [-0.25, -0.2) is 13.7 Å². The van der Waals surface area contributed by atoms with Crippen molar-refractivity contribution in [3.05, 3.63) is 35.9 Å². The number of carbonyl (C=O) groups is 1. The number of hydrogen-bond acceptors (Lipinski definition) is 3. The van der Waals surface area contributed by atoms with Crippen molar-refractivity contribution in [1.29, 1.82) is 0 Å². The molecule has 1 heterocycles. The van der Waals surface area contributed by atoms with Gasteiger partial charge in [0, 0.05) is 19.1 Å². The molecule has 1 aliphatic heterocycles. The number of nitrogens with zero attached hydrogens (tertiary/aromatic N) is 1. The molecule has 2 atom stereocenters. The van der Waals surface area contributed by atoms with E-state index in [4.69, 9.17) is 4.74 Å². The van der Waals surface area contributed by atoms with E-state index in [1.807, 2.05) is 51.1 Å². The smallest absolute Gasteiger partial charge is 0.410 e. The molecule has 0 saturated carbocycles. The van der Waals surface area contributed by atoms with Crippen molar-refractivity contribution in [1.82, 2.24) is 9.62 Å². The number of carbonyl (C=O) groups excluding carboxylic acids is 1. The topological polar surface area (TPSA) is 58.6 Å². The number of amides is 1. The molecule has 2 rings (SSSR count). The molecule has 1 aromatic rings. The summed E-state index contributed by atoms with van der Waals surface area (Å²) in [6, 6.07) is 9.87. The number of likely N-dealkylation sites (tertiary alicyclic amines) is 1. The molecule has 6 heteroatoms. The highest BCUT2D eigenvalue weighted by Crippen LogP contribution is 2.22. The molecule has 0 aromatic heterocycles. The lowest BCUT2D eigenvalue weighted by Crippen LogP contribution is -2.46. The maximum absolute atomic E-state index is 12.2. The van der Waals surface area contributed by atoms with Crippen LogP contribution in [0, 0.1) is 5.92 Å². The molecule has 1 fully saturated rings. The molecule has 5 nitrogen and oxygen atoms in total. The Hall–Kier alpha value is -1.40. The van der Waals surface area contributed by atoms with Gasteiger partial charge >= 0.3 is 6.09 Å². The molecule has 1 aromatic carbocycles. The third kappa shape index (κ3) is 6.12. The first-order chi connectivity index (χ1) is 11.8. The first kappa shape index (κ1) is 19.9. The number of ether oxygens (including phenoxy) is 1. The second-order valence-corrected chi connectivity index (χ2v) is 9.65. The SMILES string of the molecule is CC(N[S@](=O)C(C)(C)C)C1CCN(C(=O)OCc2ccccc2)CC1. The third-order valence-corrected chi connectivity index (χ3v) is 6.26. The summed E-state index contributed by atoms with van der Waals surface area (Å²) in [6.07, 6.45) is 1.55. The van der Waals surface area contributed by atoms with Gasteiger partial charge in [-0.2, -0.15) is 0 Å². The molecule has 0 radical (unpaired) electrons. The Balaban J connectivity index is 1.75. The summed E-state index contributed by atoms with van der Waals surface area (Å²) in [5.74, 6) is 0.421. The normalized spacial score (nSPS) is 18.6. The van der Waals surface area contributed by atoms with Crippen LogP contribution in [0.3, 0.4) is 0 Å². The van der Waals surface area contributed by atoms with Crippen molar-refractivity contribution < 1.29 is 13.7 Å². The van der Waals surface area contributed by atoms with Crippen molar-refractivity contribution in [2.45, 2.75) is 57.9 Å². The van der Waals surface area contributed by atoms with Crippen LogP contribution in [0.2, 0.25) is 0 Å². The number of piperidine rings is 1. The van der Waals surface area contributed by atoms with E-state index in [0.717, 1.165) is 18.4 Å². The molecule has 1 unspecified atom stereocenters. The van der Waals surface area contributed by atoms with Crippen LogP contribution in [0.25, 0.3) is 0 Å². The highest BCUT2D eigenvalue weighted by Gasteiger charge is 2.29. The van der Waals surface area contributed by atoms with E-state index in [9.17, 15) is 9.00 Å². The molecule has 0 spiro atoms. The van der Waals surface area contributed by atoms with Crippen LogP contribution in [0.4, 0.5) is 4.79 Å². The fourth-order valence-electron chi connectivity index (χ4n) is 2.83. The van der Waals surface area contributed by atoms with Gasteiger partial charge < -0.3 is 9.64 Å². The van der Waals surface area contributed by atoms with Gasteiger partial charge in [0.25, 0.3) is 0 Å². The van der Waals surface area contributed by atoms with E-state index < -0.39 is 11.0 Å². The Labute approximate surface area is 153 Å². The van der Waals surface area contributed by atoms with Gasteiger partial charge in [0.1, 0.15) is 6.61 Å². The second kappa shape index (κ2) is 8.81. The van der Waals surface area contributed by atoms with Crippen molar-refractivity contribution in [3.63, 3.8) is 0 Å². The largest absolute Gasteiger partial charge is 0.445 e. The summed E-state index contributed by atoms with van der Waals surface area (Å²) in [5.41, 5.74) is 0.994. The minimum Gasteiger partial charge on any atom is -0.445 e. The van der Waals surface area contributed by atoms with Crippen molar-refractivity contribution >= 4 is 17.1 Å². The van der Waals surface area contributed by atoms with Crippen LogP contribution in [-0.4, -0.2) is 39.1 Å². The zero-order chi connectivity index (χ0) is 18.4. The van der Waals surface area contributed by atoms with Gasteiger partial charge in [-0.1, -0.05) is 30.3 Å². The molecule has 0 aliphatic carbocycles. The van der Waals surface area contributed by atoms with Gasteiger partial charge in [0.15, 0.2) is 0 Å². The average Bonchev–Trinajstić information content (AvgIpc) is 2.59. The summed E-state index contributed by atoms with van der Waals surface area (Å²) in [5, 5.41) is 0. The first-order valence-electron chi connectivity index (χ1n) is 8.91. The van der Waals surface area contributed by atoms with Crippen LogP contribution in [0.5, 0.6) is 0 Å². The van der Waals surface area contributed by atoms with Gasteiger partial charge in [-0.15, -0.1) is 0 Å². The fourth-order valence-corrected chi connectivity index (χ4v) is 3.72. The number of hydrogen-bond donors (Lipinski definition) is 1. The Morgan fingerprint density at radius 1 is 1.28 bits per heavy atom. The van der Waals surface area contributed by atoms with Crippen LogP contribution < -0.4 is 4.72 Å². The summed E-state index contributed by atoms with van der Waals surface area (Å²) >= 11 is 0. The molecule has 1 saturated heterocycles. The lowest BCUT2D eigenvalue weighted by Gasteiger charge is -2.35. The molecular formula is C19H30N2O3S. The molecule has 1 aliphatic rings. The highest BCUT2D eigenvalue weighted by molar-refractivity contribution is 7.84. The minimum absolute atomic E-state index is 0.169. The second-order valence-electron chi connectivity index (χ2n) is 7.65. The van der Waals surface area contributed by atoms with Crippen molar-refractivity contribution in [3.8, 4) is 0 Å². The summed E-state index contributed by atoms with van der Waals surface area (Å²) in [7, 11) is -1.07. The van der Waals surface area contributed by atoms with E-state index >= 15 is 0 Å². The Morgan fingerprint density at radius 3 is 2.44 bits per heavy atom. The number of rotatable bonds is 5. The number of nitrogens with one attached hydrogen (secondary N) is 1. The van der Waals surface area contributed by atoms with Gasteiger partial charge in [-0.05, 0) is 52.0 Å². The predicted molar refractivity (Wildman–Crippen MR) is 101 cm³/mol. The van der Waals surface area contributed by atoms with Crippen molar-refractivity contribution in [2.24, 2.45) is 5.92 Å². The average molecular weight is 367 g/mol. The van der Waals surface area contributed by atoms with Gasteiger partial charge in [0.2, 0.25) is 0 Å². The Bertz CT molecular complexity index is 578. The molecule has 140 valence electrons. The van der Waals surface area contributed by atoms with E-state index in [-0.39, 0.29) is 16.9 Å². The summed E-state index contributed by atoms with van der Waals surface area (Å²) < 4.78 is 20.6. The number of benzene rings is 1. The Morgan fingerprint density at radius 2 is 1.88 bits per heavy atom. The fraction of sp³-hybridized carbons (Fsp3) is 0.632. The van der Waals surface area contributed by atoms with E-state index in [2.05, 4.69) is 11.6 Å². The Kier molecular flexibility index (Phi) is 7.02. The third-order valence-electron chi connectivity index (χ3n) is 4.56. The molecule has 1 amide bonds. The molecule has 25 heavy (non-hydrogen) atoms. The van der Waals surface area contributed by atoms with Crippen LogP contribution in [-0.2, 0) is 22.3 Å². The van der Waals surface area contributed by atoms with Crippen LogP contribution in [0.1, 0.15) is 46.1 Å². The predicted octanol–water partition coefficient (Wildman–Crippen LogP) is 3.48. The molecule has 0 bridgehead atoms. The zero-order valence-electron chi connectivity index (χ0n) is 15.7. The van der Waals surface area contributed by atoms with Crippen molar-refractivity contribution in [2.75, 3.05) is 13.1 Å². The summed E-state index contributed by atoms with van der Waals surface area (Å²) in [6.45, 7) is 9.66. The zero-order valence-corrected chi connectivity index (χ0v) is 16.5. The van der Waals surface area contributed by atoms with Gasteiger partial charge in [-0.3, -0.25) is 0 Å². The standard InChI is InChI=1S/C19H30N2O3S/c1-15(20-25(23)19(2,3)4)17-10-12-21(13-11-17)18(22)24-14-16-8-6-5-7-9-16/h5-9,15,17,20H,10-14H2,1-4H3/t15?,25-/m1/s1. The molecular weight excluding hydrogens is 336 g/mol. The van der Waals surface area contributed by atoms with E-state index in [1.54, 1.807) is 4.90 Å².